The maximum absolute atomic E-state index is 10.7. The Bertz CT molecular complexity index is 202. The summed E-state index contributed by atoms with van der Waals surface area (Å²) in [5.74, 6) is 0.121. The predicted octanol–water partition coefficient (Wildman–Crippen LogP) is -0.138. The van der Waals surface area contributed by atoms with Crippen LogP contribution in [-0.2, 0) is 4.79 Å². The third-order valence-corrected chi connectivity index (χ3v) is 2.60. The standard InChI is InChI=1S/C11H26N4O2/c1-9(2)11(8-16)14-15(17)7-10(13)5-3-4-6-12/h8-11,14,17H,3-7,12-13H2,1-2H3. The number of hydroxylamine groups is 1. The van der Waals surface area contributed by atoms with Crippen molar-refractivity contribution >= 4 is 6.29 Å². The maximum Gasteiger partial charge on any atom is 0.138 e. The van der Waals surface area contributed by atoms with Crippen LogP contribution in [0.4, 0.5) is 0 Å². The van der Waals surface area contributed by atoms with Crippen LogP contribution in [0, 0.1) is 5.92 Å². The first-order valence-electron chi connectivity index (χ1n) is 6.14. The van der Waals surface area contributed by atoms with E-state index in [2.05, 4.69) is 5.43 Å². The van der Waals surface area contributed by atoms with E-state index in [4.69, 9.17) is 11.5 Å². The first-order chi connectivity index (χ1) is 8.01. The third-order valence-electron chi connectivity index (χ3n) is 2.60. The summed E-state index contributed by atoms with van der Waals surface area (Å²) in [6.45, 7) is 4.76. The van der Waals surface area contributed by atoms with Crippen molar-refractivity contribution in [3.05, 3.63) is 0 Å². The monoisotopic (exact) mass is 246 g/mol. The Morgan fingerprint density at radius 2 is 2.06 bits per heavy atom. The van der Waals surface area contributed by atoms with Gasteiger partial charge in [-0.3, -0.25) is 5.21 Å². The lowest BCUT2D eigenvalue weighted by atomic mass is 10.1. The Labute approximate surface area is 103 Å². The molecule has 0 aliphatic heterocycles. The molecule has 0 saturated heterocycles. The van der Waals surface area contributed by atoms with Gasteiger partial charge in [-0.25, -0.2) is 5.43 Å². The van der Waals surface area contributed by atoms with E-state index >= 15 is 0 Å². The quantitative estimate of drug-likeness (QED) is 0.243. The van der Waals surface area contributed by atoms with Crippen LogP contribution < -0.4 is 16.9 Å². The smallest absolute Gasteiger partial charge is 0.138 e. The number of carbonyl (C=O) groups is 1. The highest BCUT2D eigenvalue weighted by Gasteiger charge is 2.16. The van der Waals surface area contributed by atoms with Crippen molar-refractivity contribution in [1.82, 2.24) is 10.6 Å². The van der Waals surface area contributed by atoms with Gasteiger partial charge in [0.2, 0.25) is 0 Å². The zero-order valence-electron chi connectivity index (χ0n) is 10.8. The molecular weight excluding hydrogens is 220 g/mol. The molecule has 0 aliphatic rings. The van der Waals surface area contributed by atoms with Gasteiger partial charge in [0.1, 0.15) is 6.29 Å². The van der Waals surface area contributed by atoms with Crippen LogP contribution in [0.5, 0.6) is 0 Å². The zero-order chi connectivity index (χ0) is 13.3. The average molecular weight is 246 g/mol. The first kappa shape index (κ1) is 16.5. The normalized spacial score (nSPS) is 15.2. The van der Waals surface area contributed by atoms with Crippen molar-refractivity contribution < 1.29 is 10.0 Å². The van der Waals surface area contributed by atoms with E-state index in [1.54, 1.807) is 0 Å². The van der Waals surface area contributed by atoms with Gasteiger partial charge in [-0.05, 0) is 25.3 Å². The molecule has 0 radical (unpaired) electrons. The molecule has 0 aromatic heterocycles. The fourth-order valence-electron chi connectivity index (χ4n) is 1.43. The van der Waals surface area contributed by atoms with Crippen molar-refractivity contribution in [2.24, 2.45) is 17.4 Å². The van der Waals surface area contributed by atoms with Gasteiger partial charge in [0.15, 0.2) is 0 Å². The maximum atomic E-state index is 10.7. The summed E-state index contributed by atoms with van der Waals surface area (Å²) in [5, 5.41) is 10.5. The number of nitrogens with zero attached hydrogens (tertiary/aromatic N) is 1. The minimum atomic E-state index is -0.392. The molecule has 0 bridgehead atoms. The van der Waals surface area contributed by atoms with Crippen molar-refractivity contribution in [3.63, 3.8) is 0 Å². The Hall–Kier alpha value is -0.530. The fourth-order valence-corrected chi connectivity index (χ4v) is 1.43. The van der Waals surface area contributed by atoms with Crippen molar-refractivity contribution in [1.29, 1.82) is 0 Å². The fraction of sp³-hybridized carbons (Fsp3) is 0.909. The SMILES string of the molecule is CC(C)C(C=O)NN(O)CC(N)CCCCN. The number of unbranched alkanes of at least 4 members (excludes halogenated alkanes) is 1. The van der Waals surface area contributed by atoms with Gasteiger partial charge in [0.25, 0.3) is 0 Å². The lowest BCUT2D eigenvalue weighted by Crippen LogP contribution is -2.50. The Morgan fingerprint density at radius 3 is 2.53 bits per heavy atom. The molecule has 0 heterocycles. The Morgan fingerprint density at radius 1 is 1.41 bits per heavy atom. The number of hydrogen-bond acceptors (Lipinski definition) is 6. The molecule has 0 spiro atoms. The Balaban J connectivity index is 3.82. The molecule has 6 N–H and O–H groups in total. The van der Waals surface area contributed by atoms with E-state index in [0.29, 0.717) is 13.1 Å². The second-order valence-electron chi connectivity index (χ2n) is 4.66. The molecule has 2 atom stereocenters. The van der Waals surface area contributed by atoms with Crippen LogP contribution in [0.3, 0.4) is 0 Å². The molecule has 2 unspecified atom stereocenters. The van der Waals surface area contributed by atoms with Crippen molar-refractivity contribution in [3.8, 4) is 0 Å². The second-order valence-corrected chi connectivity index (χ2v) is 4.66. The van der Waals surface area contributed by atoms with Crippen molar-refractivity contribution in [2.75, 3.05) is 13.1 Å². The van der Waals surface area contributed by atoms with Crippen LogP contribution in [0.1, 0.15) is 33.1 Å². The topological polar surface area (TPSA) is 105 Å². The van der Waals surface area contributed by atoms with Gasteiger partial charge in [-0.1, -0.05) is 20.3 Å². The molecule has 0 fully saturated rings. The Kier molecular flexibility index (Phi) is 9.20. The van der Waals surface area contributed by atoms with Gasteiger partial charge in [-0.2, -0.15) is 0 Å². The van der Waals surface area contributed by atoms with Gasteiger partial charge >= 0.3 is 0 Å². The molecule has 0 aromatic carbocycles. The number of hydrazine groups is 1. The van der Waals surface area contributed by atoms with E-state index in [1.165, 1.54) is 0 Å². The molecule has 6 nitrogen and oxygen atoms in total. The molecule has 6 heteroatoms. The highest BCUT2D eigenvalue weighted by molar-refractivity contribution is 5.57. The lowest BCUT2D eigenvalue weighted by molar-refractivity contribution is -0.156. The van der Waals surface area contributed by atoms with E-state index in [9.17, 15) is 10.0 Å². The zero-order valence-corrected chi connectivity index (χ0v) is 10.8. The number of nitrogens with two attached hydrogens (primary N) is 2. The van der Waals surface area contributed by atoms with Crippen LogP contribution in [-0.4, -0.2) is 41.8 Å². The number of rotatable bonds is 10. The summed E-state index contributed by atoms with van der Waals surface area (Å²) in [7, 11) is 0. The third kappa shape index (κ3) is 8.23. The second kappa shape index (κ2) is 9.49. The van der Waals surface area contributed by atoms with Crippen LogP contribution >= 0.6 is 0 Å². The van der Waals surface area contributed by atoms with Crippen LogP contribution in [0.25, 0.3) is 0 Å². The number of carbonyl (C=O) groups excluding carboxylic acids is 1. The van der Waals surface area contributed by atoms with Crippen LogP contribution in [0.2, 0.25) is 0 Å². The highest BCUT2D eigenvalue weighted by atomic mass is 16.5. The molecule has 0 saturated carbocycles. The van der Waals surface area contributed by atoms with Gasteiger partial charge in [-0.15, -0.1) is 5.17 Å². The summed E-state index contributed by atoms with van der Waals surface area (Å²) < 4.78 is 0. The van der Waals surface area contributed by atoms with E-state index in [1.807, 2.05) is 13.8 Å². The van der Waals surface area contributed by atoms with E-state index in [-0.39, 0.29) is 12.0 Å². The molecule has 0 aromatic rings. The minimum absolute atomic E-state index is 0.121. The predicted molar refractivity (Wildman–Crippen MR) is 67.2 cm³/mol. The molecule has 17 heavy (non-hydrogen) atoms. The summed E-state index contributed by atoms with van der Waals surface area (Å²) in [5.41, 5.74) is 13.9. The molecule has 0 rings (SSSR count). The number of nitrogens with one attached hydrogen (secondary N) is 1. The summed E-state index contributed by atoms with van der Waals surface area (Å²) in [4.78, 5) is 10.7. The van der Waals surface area contributed by atoms with Gasteiger partial charge in [0, 0.05) is 6.04 Å². The van der Waals surface area contributed by atoms with E-state index in [0.717, 1.165) is 30.7 Å². The van der Waals surface area contributed by atoms with Gasteiger partial charge in [0.05, 0.1) is 12.6 Å². The first-order valence-corrected chi connectivity index (χ1v) is 6.14. The summed E-state index contributed by atoms with van der Waals surface area (Å²) >= 11 is 0. The largest absolute Gasteiger partial charge is 0.330 e. The van der Waals surface area contributed by atoms with Crippen molar-refractivity contribution in [2.45, 2.75) is 45.2 Å². The lowest BCUT2D eigenvalue weighted by Gasteiger charge is -2.25. The number of aldehydes is 1. The molecular formula is C11H26N4O2. The minimum Gasteiger partial charge on any atom is -0.330 e. The molecule has 102 valence electrons. The average Bonchev–Trinajstić information content (AvgIpc) is 2.25. The van der Waals surface area contributed by atoms with E-state index < -0.39 is 6.04 Å². The summed E-state index contributed by atoms with van der Waals surface area (Å²) in [6, 6.07) is -0.519. The number of hydrogen-bond donors (Lipinski definition) is 4. The molecule has 0 aliphatic carbocycles. The molecule has 0 amide bonds. The van der Waals surface area contributed by atoms with Crippen LogP contribution in [0.15, 0.2) is 0 Å². The van der Waals surface area contributed by atoms with Gasteiger partial charge < -0.3 is 16.3 Å². The highest BCUT2D eigenvalue weighted by Crippen LogP contribution is 2.01. The summed E-state index contributed by atoms with van der Waals surface area (Å²) in [6.07, 6.45) is 3.49.